The third kappa shape index (κ3) is 5.43. The van der Waals surface area contributed by atoms with Crippen molar-refractivity contribution in [2.45, 2.75) is 41.6 Å². The van der Waals surface area contributed by atoms with Crippen molar-refractivity contribution in [2.24, 2.45) is 5.16 Å². The molecule has 1 N–H and O–H groups in total. The molecule has 1 saturated heterocycles. The Morgan fingerprint density at radius 2 is 1.97 bits per heavy atom. The fourth-order valence-electron chi connectivity index (χ4n) is 4.22. The molecule has 2 heterocycles. The highest BCUT2D eigenvalue weighted by Gasteiger charge is 2.35. The van der Waals surface area contributed by atoms with Gasteiger partial charge >= 0.3 is 0 Å². The maximum absolute atomic E-state index is 14.6. The summed E-state index contributed by atoms with van der Waals surface area (Å²) in [6, 6.07) is 16.9. The van der Waals surface area contributed by atoms with Gasteiger partial charge in [-0.05, 0) is 60.5 Å². The lowest BCUT2D eigenvalue weighted by molar-refractivity contribution is -0.0950. The van der Waals surface area contributed by atoms with Gasteiger partial charge in [0.25, 0.3) is 0 Å². The average molecular weight is 467 g/mol. The molecule has 33 heavy (non-hydrogen) atoms. The van der Waals surface area contributed by atoms with E-state index < -0.39 is 5.60 Å². The third-order valence-corrected chi connectivity index (χ3v) is 7.00. The van der Waals surface area contributed by atoms with Gasteiger partial charge in [0.1, 0.15) is 5.82 Å². The van der Waals surface area contributed by atoms with Crippen LogP contribution in [0.5, 0.6) is 0 Å². The molecule has 0 aliphatic carbocycles. The van der Waals surface area contributed by atoms with Crippen LogP contribution in [0.1, 0.15) is 42.1 Å². The highest BCUT2D eigenvalue weighted by Crippen LogP contribution is 2.39. The zero-order valence-electron chi connectivity index (χ0n) is 18.8. The molecule has 0 saturated carbocycles. The molecule has 0 amide bonds. The van der Waals surface area contributed by atoms with Gasteiger partial charge in [-0.15, -0.1) is 0 Å². The van der Waals surface area contributed by atoms with Crippen molar-refractivity contribution >= 4 is 17.5 Å². The first-order valence-corrected chi connectivity index (χ1v) is 11.7. The SMILES string of the molecule is COC1(c2cc(F)cc(Sc3ccc(/C(C)=N/O)c(Cc4ccccn4)c3)c2)CCOCC1. The van der Waals surface area contributed by atoms with E-state index in [0.29, 0.717) is 38.2 Å². The van der Waals surface area contributed by atoms with Gasteiger partial charge in [-0.2, -0.15) is 0 Å². The second kappa shape index (κ2) is 10.5. The first kappa shape index (κ1) is 23.4. The number of hydrogen-bond donors (Lipinski definition) is 1. The fourth-order valence-corrected chi connectivity index (χ4v) is 5.18. The van der Waals surface area contributed by atoms with Crippen molar-refractivity contribution < 1.29 is 19.1 Å². The minimum atomic E-state index is -0.529. The van der Waals surface area contributed by atoms with Gasteiger partial charge in [-0.25, -0.2) is 4.39 Å². The van der Waals surface area contributed by atoms with Crippen molar-refractivity contribution in [1.82, 2.24) is 4.98 Å². The van der Waals surface area contributed by atoms with Crippen LogP contribution >= 0.6 is 11.8 Å². The third-order valence-electron chi connectivity index (χ3n) is 6.04. The summed E-state index contributed by atoms with van der Waals surface area (Å²) >= 11 is 1.49. The fraction of sp³-hybridized carbons (Fsp3) is 0.308. The Kier molecular flexibility index (Phi) is 7.42. The maximum Gasteiger partial charge on any atom is 0.124 e. The Morgan fingerprint density at radius 3 is 2.67 bits per heavy atom. The molecular formula is C26H27FN2O3S. The predicted octanol–water partition coefficient (Wildman–Crippen LogP) is 5.81. The molecule has 5 nitrogen and oxygen atoms in total. The highest BCUT2D eigenvalue weighted by molar-refractivity contribution is 7.99. The first-order chi connectivity index (χ1) is 16.0. The minimum Gasteiger partial charge on any atom is -0.411 e. The molecule has 1 aliphatic heterocycles. The van der Waals surface area contributed by atoms with Crippen molar-refractivity contribution in [3.05, 3.63) is 89.0 Å². The molecule has 4 rings (SSSR count). The van der Waals surface area contributed by atoms with Crippen LogP contribution in [0.15, 0.2) is 75.7 Å². The van der Waals surface area contributed by atoms with Gasteiger partial charge in [-0.1, -0.05) is 29.1 Å². The molecule has 172 valence electrons. The van der Waals surface area contributed by atoms with Crippen molar-refractivity contribution in [3.63, 3.8) is 0 Å². The summed E-state index contributed by atoms with van der Waals surface area (Å²) in [5.74, 6) is -0.286. The van der Waals surface area contributed by atoms with Crippen LogP contribution < -0.4 is 0 Å². The lowest BCUT2D eigenvalue weighted by Gasteiger charge is -2.36. The number of benzene rings is 2. The van der Waals surface area contributed by atoms with Crippen LogP contribution in [0.2, 0.25) is 0 Å². The van der Waals surface area contributed by atoms with Crippen molar-refractivity contribution in [1.29, 1.82) is 0 Å². The van der Waals surface area contributed by atoms with E-state index in [1.165, 1.54) is 11.8 Å². The van der Waals surface area contributed by atoms with Gasteiger partial charge in [0.05, 0.1) is 11.3 Å². The number of methoxy groups -OCH3 is 1. The predicted molar refractivity (Wildman–Crippen MR) is 127 cm³/mol. The van der Waals surface area contributed by atoms with Crippen LogP contribution in [0.25, 0.3) is 0 Å². The summed E-state index contributed by atoms with van der Waals surface area (Å²) in [7, 11) is 1.68. The largest absolute Gasteiger partial charge is 0.411 e. The van der Waals surface area contributed by atoms with Crippen LogP contribution in [-0.2, 0) is 21.5 Å². The van der Waals surface area contributed by atoms with Crippen molar-refractivity contribution in [2.75, 3.05) is 20.3 Å². The number of aromatic nitrogens is 1. The smallest absolute Gasteiger partial charge is 0.124 e. The first-order valence-electron chi connectivity index (χ1n) is 10.9. The van der Waals surface area contributed by atoms with Gasteiger partial charge in [0.15, 0.2) is 0 Å². The molecule has 0 radical (unpaired) electrons. The van der Waals surface area contributed by atoms with Gasteiger partial charge < -0.3 is 14.7 Å². The summed E-state index contributed by atoms with van der Waals surface area (Å²) in [6.07, 6.45) is 3.74. The summed E-state index contributed by atoms with van der Waals surface area (Å²) in [4.78, 5) is 6.19. The molecule has 3 aromatic rings. The number of halogens is 1. The number of pyridine rings is 1. The highest BCUT2D eigenvalue weighted by atomic mass is 32.2. The molecule has 0 spiro atoms. The van der Waals surface area contributed by atoms with E-state index in [0.717, 1.165) is 32.2 Å². The molecule has 7 heteroatoms. The van der Waals surface area contributed by atoms with E-state index in [1.54, 1.807) is 32.4 Å². The molecule has 1 fully saturated rings. The normalized spacial score (nSPS) is 16.0. The minimum absolute atomic E-state index is 0.286. The van der Waals surface area contributed by atoms with E-state index in [4.69, 9.17) is 9.47 Å². The summed E-state index contributed by atoms with van der Waals surface area (Å²) < 4.78 is 26.0. The van der Waals surface area contributed by atoms with Crippen LogP contribution in [-0.4, -0.2) is 36.2 Å². The van der Waals surface area contributed by atoms with Gasteiger partial charge in [0, 0.05) is 66.8 Å². The summed E-state index contributed by atoms with van der Waals surface area (Å²) in [6.45, 7) is 2.95. The Hall–Kier alpha value is -2.74. The number of hydrogen-bond acceptors (Lipinski definition) is 6. The number of rotatable bonds is 7. The van der Waals surface area contributed by atoms with Crippen LogP contribution in [0.4, 0.5) is 4.39 Å². The van der Waals surface area contributed by atoms with E-state index in [1.807, 2.05) is 36.4 Å². The van der Waals surface area contributed by atoms with E-state index in [-0.39, 0.29) is 5.82 Å². The summed E-state index contributed by atoms with van der Waals surface area (Å²) in [5.41, 5.74) is 3.60. The molecule has 0 atom stereocenters. The van der Waals surface area contributed by atoms with Gasteiger partial charge in [0.2, 0.25) is 0 Å². The lowest BCUT2D eigenvalue weighted by Crippen LogP contribution is -2.35. The van der Waals surface area contributed by atoms with E-state index in [2.05, 4.69) is 16.2 Å². The molecule has 1 aliphatic rings. The number of nitrogens with zero attached hydrogens (tertiary/aromatic N) is 2. The van der Waals surface area contributed by atoms with Gasteiger partial charge in [-0.3, -0.25) is 4.98 Å². The zero-order valence-corrected chi connectivity index (χ0v) is 19.6. The second-order valence-corrected chi connectivity index (χ2v) is 9.24. The van der Waals surface area contributed by atoms with Crippen molar-refractivity contribution in [3.8, 4) is 0 Å². The quantitative estimate of drug-likeness (QED) is 0.270. The molecular weight excluding hydrogens is 439 g/mol. The molecule has 0 unspecified atom stereocenters. The number of oxime groups is 1. The summed E-state index contributed by atoms with van der Waals surface area (Å²) in [5, 5.41) is 12.7. The average Bonchev–Trinajstić information content (AvgIpc) is 2.84. The molecule has 0 bridgehead atoms. The standard InChI is InChI=1S/C26H27FN2O3S/c1-18(29-30)25-7-6-23(14-19(25)13-22-5-3-4-10-28-22)33-24-16-20(15-21(27)17-24)26(31-2)8-11-32-12-9-26/h3-7,10,14-17,30H,8-9,11-13H2,1-2H3/b29-18+. The Balaban J connectivity index is 1.66. The number of ether oxygens (including phenoxy) is 2. The van der Waals surface area contributed by atoms with Crippen LogP contribution in [0.3, 0.4) is 0 Å². The Labute approximate surface area is 197 Å². The lowest BCUT2D eigenvalue weighted by atomic mass is 9.86. The zero-order chi connectivity index (χ0) is 23.3. The maximum atomic E-state index is 14.6. The monoisotopic (exact) mass is 466 g/mol. The van der Waals surface area contributed by atoms with Crippen LogP contribution in [0, 0.1) is 5.82 Å². The Morgan fingerprint density at radius 1 is 1.15 bits per heavy atom. The Bertz CT molecular complexity index is 1130. The molecule has 1 aromatic heterocycles. The topological polar surface area (TPSA) is 63.9 Å². The van der Waals surface area contributed by atoms with E-state index in [9.17, 15) is 9.60 Å². The second-order valence-electron chi connectivity index (χ2n) is 8.09. The van der Waals surface area contributed by atoms with E-state index >= 15 is 0 Å². The molecule has 2 aromatic carbocycles.